The number of para-hydroxylation sites is 1. The molecule has 0 spiro atoms. The Hall–Kier alpha value is -3.27. The zero-order valence-corrected chi connectivity index (χ0v) is 17.3. The maximum Gasteiger partial charge on any atom is 0.340 e. The highest BCUT2D eigenvalue weighted by atomic mass is 32.2. The van der Waals surface area contributed by atoms with Crippen LogP contribution in [0.2, 0.25) is 0 Å². The molecule has 0 atom stereocenters. The number of rotatable bonds is 8. The van der Waals surface area contributed by atoms with Crippen molar-refractivity contribution in [2.75, 3.05) is 43.8 Å². The number of hydrogen-bond donors (Lipinski definition) is 1. The molecule has 156 valence electrons. The summed E-state index contributed by atoms with van der Waals surface area (Å²) in [7, 11) is 0.285. The van der Waals surface area contributed by atoms with E-state index in [4.69, 9.17) is 14.2 Å². The number of hydrogen-bond acceptors (Lipinski definition) is 7. The van der Waals surface area contributed by atoms with Crippen LogP contribution in [0.4, 0.5) is 11.4 Å². The monoisotopic (exact) mass is 422 g/mol. The zero-order chi connectivity index (χ0) is 21.6. The minimum atomic E-state index is -3.72. The quantitative estimate of drug-likeness (QED) is 0.647. The first-order valence-electron chi connectivity index (χ1n) is 8.38. The van der Waals surface area contributed by atoms with Gasteiger partial charge in [-0.1, -0.05) is 18.2 Å². The van der Waals surface area contributed by atoms with Crippen molar-refractivity contribution in [2.45, 2.75) is 0 Å². The molecule has 0 aliphatic carbocycles. The highest BCUT2D eigenvalue weighted by Gasteiger charge is 2.23. The average molecular weight is 422 g/mol. The van der Waals surface area contributed by atoms with Crippen LogP contribution in [-0.4, -0.2) is 54.4 Å². The topological polar surface area (TPSA) is 111 Å². The SMILES string of the molecule is COC(=O)c1cc(OC)c(OC)cc1NC(=O)CN(c1ccccc1)S(C)(=O)=O. The molecule has 2 rings (SSSR count). The molecule has 29 heavy (non-hydrogen) atoms. The third kappa shape index (κ3) is 5.38. The Morgan fingerprint density at radius 2 is 1.59 bits per heavy atom. The van der Waals surface area contributed by atoms with E-state index >= 15 is 0 Å². The van der Waals surface area contributed by atoms with Crippen LogP contribution in [0.15, 0.2) is 42.5 Å². The lowest BCUT2D eigenvalue weighted by Gasteiger charge is -2.22. The Labute approximate surface area is 169 Å². The summed E-state index contributed by atoms with van der Waals surface area (Å²) in [5.41, 5.74) is 0.468. The van der Waals surface area contributed by atoms with Gasteiger partial charge in [-0.25, -0.2) is 13.2 Å². The van der Waals surface area contributed by atoms with E-state index in [1.807, 2.05) is 0 Å². The number of carbonyl (C=O) groups is 2. The second-order valence-corrected chi connectivity index (χ2v) is 7.80. The van der Waals surface area contributed by atoms with E-state index in [1.54, 1.807) is 30.3 Å². The Morgan fingerprint density at radius 1 is 1.00 bits per heavy atom. The lowest BCUT2D eigenvalue weighted by Crippen LogP contribution is -2.37. The van der Waals surface area contributed by atoms with E-state index in [1.165, 1.54) is 33.5 Å². The molecular weight excluding hydrogens is 400 g/mol. The first-order valence-corrected chi connectivity index (χ1v) is 10.2. The average Bonchev–Trinajstić information content (AvgIpc) is 2.70. The normalized spacial score (nSPS) is 10.8. The number of esters is 1. The van der Waals surface area contributed by atoms with Gasteiger partial charge < -0.3 is 19.5 Å². The summed E-state index contributed by atoms with van der Waals surface area (Å²) in [5, 5.41) is 2.54. The Morgan fingerprint density at radius 3 is 2.10 bits per heavy atom. The van der Waals surface area contributed by atoms with E-state index < -0.39 is 28.4 Å². The highest BCUT2D eigenvalue weighted by Crippen LogP contribution is 2.33. The van der Waals surface area contributed by atoms with Crippen LogP contribution >= 0.6 is 0 Å². The van der Waals surface area contributed by atoms with Crippen LogP contribution < -0.4 is 19.1 Å². The number of methoxy groups -OCH3 is 3. The van der Waals surface area contributed by atoms with Gasteiger partial charge in [0, 0.05) is 12.1 Å². The minimum absolute atomic E-state index is 0.0316. The van der Waals surface area contributed by atoms with Gasteiger partial charge in [0.25, 0.3) is 0 Å². The van der Waals surface area contributed by atoms with Crippen molar-refractivity contribution in [2.24, 2.45) is 0 Å². The van der Waals surface area contributed by atoms with Gasteiger partial charge in [-0.05, 0) is 12.1 Å². The number of benzene rings is 2. The molecule has 0 saturated carbocycles. The molecule has 1 N–H and O–H groups in total. The third-order valence-corrected chi connectivity index (χ3v) is 5.08. The molecule has 0 saturated heterocycles. The molecule has 0 fully saturated rings. The van der Waals surface area contributed by atoms with E-state index in [2.05, 4.69) is 5.32 Å². The zero-order valence-electron chi connectivity index (χ0n) is 16.5. The number of nitrogens with one attached hydrogen (secondary N) is 1. The van der Waals surface area contributed by atoms with Crippen molar-refractivity contribution < 1.29 is 32.2 Å². The van der Waals surface area contributed by atoms with Crippen LogP contribution in [-0.2, 0) is 19.6 Å². The Balaban J connectivity index is 2.37. The lowest BCUT2D eigenvalue weighted by atomic mass is 10.1. The van der Waals surface area contributed by atoms with Gasteiger partial charge in [-0.3, -0.25) is 9.10 Å². The number of nitrogens with zero attached hydrogens (tertiary/aromatic N) is 1. The van der Waals surface area contributed by atoms with Crippen LogP contribution in [0.1, 0.15) is 10.4 Å². The fraction of sp³-hybridized carbons (Fsp3) is 0.263. The number of amides is 1. The largest absolute Gasteiger partial charge is 0.493 e. The molecule has 0 aliphatic heterocycles. The number of carbonyl (C=O) groups excluding carboxylic acids is 2. The first kappa shape index (κ1) is 22.0. The van der Waals surface area contributed by atoms with Gasteiger partial charge in [0.1, 0.15) is 6.54 Å². The minimum Gasteiger partial charge on any atom is -0.493 e. The summed E-state index contributed by atoms with van der Waals surface area (Å²) in [6.45, 7) is -0.488. The second kappa shape index (κ2) is 9.28. The lowest BCUT2D eigenvalue weighted by molar-refractivity contribution is -0.114. The molecule has 0 heterocycles. The summed E-state index contributed by atoms with van der Waals surface area (Å²) >= 11 is 0. The van der Waals surface area contributed by atoms with E-state index in [-0.39, 0.29) is 22.7 Å². The summed E-state index contributed by atoms with van der Waals surface area (Å²) in [5.74, 6) is -0.813. The number of sulfonamides is 1. The fourth-order valence-corrected chi connectivity index (χ4v) is 3.43. The molecule has 0 bridgehead atoms. The highest BCUT2D eigenvalue weighted by molar-refractivity contribution is 7.92. The van der Waals surface area contributed by atoms with E-state index in [0.717, 1.165) is 10.6 Å². The summed E-state index contributed by atoms with van der Waals surface area (Å²) in [6, 6.07) is 11.0. The predicted molar refractivity (Wildman–Crippen MR) is 108 cm³/mol. The molecule has 1 amide bonds. The van der Waals surface area contributed by atoms with Crippen molar-refractivity contribution in [3.63, 3.8) is 0 Å². The summed E-state index contributed by atoms with van der Waals surface area (Å²) in [6.07, 6.45) is 1.00. The van der Waals surface area contributed by atoms with Crippen LogP contribution in [0.5, 0.6) is 11.5 Å². The third-order valence-electron chi connectivity index (χ3n) is 3.93. The number of ether oxygens (including phenoxy) is 3. The molecule has 9 nitrogen and oxygen atoms in total. The fourth-order valence-electron chi connectivity index (χ4n) is 2.58. The van der Waals surface area contributed by atoms with E-state index in [0.29, 0.717) is 5.69 Å². The Bertz CT molecular complexity index is 991. The number of anilines is 2. The molecule has 0 radical (unpaired) electrons. The Kier molecular flexibility index (Phi) is 7.05. The maximum atomic E-state index is 12.6. The van der Waals surface area contributed by atoms with E-state index in [9.17, 15) is 18.0 Å². The molecule has 0 aromatic heterocycles. The molecular formula is C19H22N2O7S. The van der Waals surface area contributed by atoms with Gasteiger partial charge in [0.2, 0.25) is 15.9 Å². The molecule has 10 heteroatoms. The van der Waals surface area contributed by atoms with Crippen LogP contribution in [0.25, 0.3) is 0 Å². The van der Waals surface area contributed by atoms with Crippen molar-refractivity contribution in [1.29, 1.82) is 0 Å². The first-order chi connectivity index (χ1) is 13.7. The van der Waals surface area contributed by atoms with Crippen molar-refractivity contribution in [3.8, 4) is 11.5 Å². The molecule has 2 aromatic carbocycles. The summed E-state index contributed by atoms with van der Waals surface area (Å²) < 4.78 is 40.4. The predicted octanol–water partition coefficient (Wildman–Crippen LogP) is 1.90. The van der Waals surface area contributed by atoms with Gasteiger partial charge in [-0.15, -0.1) is 0 Å². The molecule has 0 aliphatic rings. The standard InChI is InChI=1S/C19H22N2O7S/c1-26-16-10-14(19(23)28-3)15(11-17(16)27-2)20-18(22)12-21(29(4,24)25)13-8-6-5-7-9-13/h5-11H,12H2,1-4H3,(H,20,22). The van der Waals surface area contributed by atoms with Gasteiger partial charge in [-0.2, -0.15) is 0 Å². The second-order valence-electron chi connectivity index (χ2n) is 5.90. The maximum absolute atomic E-state index is 12.6. The van der Waals surface area contributed by atoms with Crippen LogP contribution in [0.3, 0.4) is 0 Å². The van der Waals surface area contributed by atoms with Gasteiger partial charge in [0.05, 0.1) is 44.5 Å². The van der Waals surface area contributed by atoms with Crippen molar-refractivity contribution in [3.05, 3.63) is 48.0 Å². The van der Waals surface area contributed by atoms with Crippen LogP contribution in [0, 0.1) is 0 Å². The van der Waals surface area contributed by atoms with Crippen molar-refractivity contribution in [1.82, 2.24) is 0 Å². The van der Waals surface area contributed by atoms with Gasteiger partial charge in [0.15, 0.2) is 11.5 Å². The van der Waals surface area contributed by atoms with Crippen molar-refractivity contribution >= 4 is 33.3 Å². The molecule has 2 aromatic rings. The smallest absolute Gasteiger partial charge is 0.340 e. The van der Waals surface area contributed by atoms with Gasteiger partial charge >= 0.3 is 5.97 Å². The molecule has 0 unspecified atom stereocenters. The summed E-state index contributed by atoms with van der Waals surface area (Å²) in [4.78, 5) is 24.7.